The first-order valence-corrected chi connectivity index (χ1v) is 7.07. The van der Waals surface area contributed by atoms with Gasteiger partial charge in [0, 0.05) is 10.9 Å². The molecule has 0 fully saturated rings. The van der Waals surface area contributed by atoms with Crippen LogP contribution in [0.15, 0.2) is 48.5 Å². The number of nitrogens with zero attached hydrogens (tertiary/aromatic N) is 1. The second-order valence-corrected chi connectivity index (χ2v) is 5.07. The van der Waals surface area contributed by atoms with Gasteiger partial charge in [0.25, 0.3) is 0 Å². The van der Waals surface area contributed by atoms with Crippen LogP contribution in [-0.2, 0) is 0 Å². The predicted molar refractivity (Wildman–Crippen MR) is 87.5 cm³/mol. The molecule has 106 valence electrons. The third kappa shape index (κ3) is 2.68. The Morgan fingerprint density at radius 3 is 2.52 bits per heavy atom. The van der Waals surface area contributed by atoms with E-state index in [1.54, 1.807) is 0 Å². The van der Waals surface area contributed by atoms with Crippen LogP contribution in [0.25, 0.3) is 22.0 Å². The second kappa shape index (κ2) is 5.44. The van der Waals surface area contributed by atoms with Crippen molar-refractivity contribution in [3.63, 3.8) is 0 Å². The first-order chi connectivity index (χ1) is 10.2. The molecule has 0 bridgehead atoms. The number of hydrogen-bond acceptors (Lipinski definition) is 3. The van der Waals surface area contributed by atoms with Crippen LogP contribution in [-0.4, -0.2) is 11.6 Å². The number of ether oxygens (including phenoxy) is 1. The van der Waals surface area contributed by atoms with Gasteiger partial charge in [-0.2, -0.15) is 0 Å². The fourth-order valence-electron chi connectivity index (χ4n) is 2.44. The Kier molecular flexibility index (Phi) is 3.48. The van der Waals surface area contributed by atoms with Gasteiger partial charge in [-0.25, -0.2) is 4.98 Å². The van der Waals surface area contributed by atoms with E-state index in [1.165, 1.54) is 5.56 Å². The van der Waals surface area contributed by atoms with Crippen LogP contribution in [0.2, 0.25) is 0 Å². The summed E-state index contributed by atoms with van der Waals surface area (Å²) in [6.07, 6.45) is 0. The van der Waals surface area contributed by atoms with Crippen LogP contribution in [0, 0.1) is 6.92 Å². The highest BCUT2D eigenvalue weighted by Crippen LogP contribution is 2.28. The molecule has 3 nitrogen and oxygen atoms in total. The Morgan fingerprint density at radius 2 is 1.81 bits per heavy atom. The molecule has 0 amide bonds. The summed E-state index contributed by atoms with van der Waals surface area (Å²) >= 11 is 0. The first-order valence-electron chi connectivity index (χ1n) is 7.07. The summed E-state index contributed by atoms with van der Waals surface area (Å²) in [5.74, 6) is 1.43. The summed E-state index contributed by atoms with van der Waals surface area (Å²) < 4.78 is 5.46. The quantitative estimate of drug-likeness (QED) is 0.781. The number of hydrogen-bond donors (Lipinski definition) is 1. The third-order valence-corrected chi connectivity index (χ3v) is 3.48. The minimum Gasteiger partial charge on any atom is -0.494 e. The molecule has 0 aliphatic heterocycles. The number of rotatable bonds is 3. The van der Waals surface area contributed by atoms with Gasteiger partial charge >= 0.3 is 0 Å². The van der Waals surface area contributed by atoms with Crippen LogP contribution in [0.1, 0.15) is 12.5 Å². The fraction of sp³-hybridized carbons (Fsp3) is 0.167. The van der Waals surface area contributed by atoms with E-state index < -0.39 is 0 Å². The molecule has 3 aromatic rings. The standard InChI is InChI=1S/C18H18N2O/c1-3-21-15-7-5-13(6-8-15)17-11-14-10-12(2)4-9-16(14)18(19)20-17/h4-11H,3H2,1-2H3,(H2,19,20). The van der Waals surface area contributed by atoms with Crippen molar-refractivity contribution in [2.45, 2.75) is 13.8 Å². The SMILES string of the molecule is CCOc1ccc(-c2cc3cc(C)ccc3c(N)n2)cc1. The van der Waals surface area contributed by atoms with Crippen LogP contribution in [0.3, 0.4) is 0 Å². The van der Waals surface area contributed by atoms with Gasteiger partial charge in [0.2, 0.25) is 0 Å². The number of fused-ring (bicyclic) bond motifs is 1. The molecule has 0 aliphatic carbocycles. The van der Waals surface area contributed by atoms with Crippen molar-refractivity contribution in [1.29, 1.82) is 0 Å². The lowest BCUT2D eigenvalue weighted by atomic mass is 10.0. The average Bonchev–Trinajstić information content (AvgIpc) is 2.48. The smallest absolute Gasteiger partial charge is 0.131 e. The van der Waals surface area contributed by atoms with Crippen LogP contribution < -0.4 is 10.5 Å². The number of pyridine rings is 1. The Morgan fingerprint density at radius 1 is 1.05 bits per heavy atom. The van der Waals surface area contributed by atoms with Crippen molar-refractivity contribution in [3.8, 4) is 17.0 Å². The highest BCUT2D eigenvalue weighted by atomic mass is 16.5. The van der Waals surface area contributed by atoms with E-state index in [2.05, 4.69) is 30.1 Å². The molecule has 3 heteroatoms. The molecule has 0 spiro atoms. The van der Waals surface area contributed by atoms with Crippen LogP contribution in [0.5, 0.6) is 5.75 Å². The van der Waals surface area contributed by atoms with Gasteiger partial charge in [-0.3, -0.25) is 0 Å². The summed E-state index contributed by atoms with van der Waals surface area (Å²) in [6.45, 7) is 4.72. The number of nitrogens with two attached hydrogens (primary N) is 1. The minimum atomic E-state index is 0.566. The normalized spacial score (nSPS) is 10.8. The predicted octanol–water partition coefficient (Wildman–Crippen LogP) is 4.19. The minimum absolute atomic E-state index is 0.566. The number of aryl methyl sites for hydroxylation is 1. The second-order valence-electron chi connectivity index (χ2n) is 5.07. The van der Waals surface area contributed by atoms with E-state index in [9.17, 15) is 0 Å². The van der Waals surface area contributed by atoms with Gasteiger partial charge < -0.3 is 10.5 Å². The van der Waals surface area contributed by atoms with E-state index >= 15 is 0 Å². The largest absolute Gasteiger partial charge is 0.494 e. The van der Waals surface area contributed by atoms with E-state index in [1.807, 2.05) is 37.3 Å². The molecular formula is C18H18N2O. The maximum Gasteiger partial charge on any atom is 0.131 e. The number of aromatic nitrogens is 1. The monoisotopic (exact) mass is 278 g/mol. The number of nitrogen functional groups attached to an aromatic ring is 1. The van der Waals surface area contributed by atoms with Crippen molar-refractivity contribution in [1.82, 2.24) is 4.98 Å². The molecule has 2 N–H and O–H groups in total. The van der Waals surface area contributed by atoms with Gasteiger partial charge in [-0.15, -0.1) is 0 Å². The maximum atomic E-state index is 6.09. The number of anilines is 1. The van der Waals surface area contributed by atoms with Crippen molar-refractivity contribution < 1.29 is 4.74 Å². The molecule has 0 saturated carbocycles. The van der Waals surface area contributed by atoms with E-state index in [-0.39, 0.29) is 0 Å². The maximum absolute atomic E-state index is 6.09. The van der Waals surface area contributed by atoms with Gasteiger partial charge in [-0.1, -0.05) is 23.8 Å². The zero-order valence-corrected chi connectivity index (χ0v) is 12.3. The van der Waals surface area contributed by atoms with Crippen molar-refractivity contribution in [2.75, 3.05) is 12.3 Å². The van der Waals surface area contributed by atoms with Crippen LogP contribution >= 0.6 is 0 Å². The van der Waals surface area contributed by atoms with E-state index in [0.29, 0.717) is 12.4 Å². The summed E-state index contributed by atoms with van der Waals surface area (Å²) in [6, 6.07) is 16.2. The fourth-order valence-corrected chi connectivity index (χ4v) is 2.44. The third-order valence-electron chi connectivity index (χ3n) is 3.48. The summed E-state index contributed by atoms with van der Waals surface area (Å²) in [4.78, 5) is 4.51. The average molecular weight is 278 g/mol. The molecule has 0 radical (unpaired) electrons. The molecule has 2 aromatic carbocycles. The summed E-state index contributed by atoms with van der Waals surface area (Å²) in [5, 5.41) is 2.11. The molecule has 0 atom stereocenters. The highest BCUT2D eigenvalue weighted by Gasteiger charge is 2.06. The zero-order valence-electron chi connectivity index (χ0n) is 12.3. The molecule has 1 heterocycles. The lowest BCUT2D eigenvalue weighted by Crippen LogP contribution is -1.95. The van der Waals surface area contributed by atoms with Crippen LogP contribution in [0.4, 0.5) is 5.82 Å². The Hall–Kier alpha value is -2.55. The highest BCUT2D eigenvalue weighted by molar-refractivity contribution is 5.94. The van der Waals surface area contributed by atoms with Gasteiger partial charge in [0.15, 0.2) is 0 Å². The molecule has 21 heavy (non-hydrogen) atoms. The molecule has 3 rings (SSSR count). The van der Waals surface area contributed by atoms with Gasteiger partial charge in [-0.05, 0) is 49.6 Å². The molecule has 1 aromatic heterocycles. The molecule has 0 aliphatic rings. The lowest BCUT2D eigenvalue weighted by Gasteiger charge is -2.08. The topological polar surface area (TPSA) is 48.1 Å². The molecular weight excluding hydrogens is 260 g/mol. The first kappa shape index (κ1) is 13.4. The number of benzene rings is 2. The van der Waals surface area contributed by atoms with Crippen molar-refractivity contribution in [2.24, 2.45) is 0 Å². The summed E-state index contributed by atoms with van der Waals surface area (Å²) in [5.41, 5.74) is 9.22. The van der Waals surface area contributed by atoms with Gasteiger partial charge in [0.1, 0.15) is 11.6 Å². The molecule has 0 saturated heterocycles. The lowest BCUT2D eigenvalue weighted by molar-refractivity contribution is 0.340. The Labute approximate surface area is 124 Å². The van der Waals surface area contributed by atoms with Crippen molar-refractivity contribution >= 4 is 16.6 Å². The van der Waals surface area contributed by atoms with Crippen molar-refractivity contribution in [3.05, 3.63) is 54.1 Å². The zero-order chi connectivity index (χ0) is 14.8. The van der Waals surface area contributed by atoms with E-state index in [4.69, 9.17) is 10.5 Å². The summed E-state index contributed by atoms with van der Waals surface area (Å²) in [7, 11) is 0. The molecule has 0 unspecified atom stereocenters. The van der Waals surface area contributed by atoms with E-state index in [0.717, 1.165) is 27.8 Å². The Bertz CT molecular complexity index is 779. The van der Waals surface area contributed by atoms with Gasteiger partial charge in [0.05, 0.1) is 12.3 Å². The Balaban J connectivity index is 2.07.